The van der Waals surface area contributed by atoms with Gasteiger partial charge in [0.1, 0.15) is 0 Å². The van der Waals surface area contributed by atoms with Crippen molar-refractivity contribution >= 4 is 21.8 Å². The minimum absolute atomic E-state index is 0.0231. The SMILES string of the molecule is COCC(NC(=O)c1cc(C)ccc1Br)C(C)C. The zero-order valence-electron chi connectivity index (χ0n) is 11.3. The molecule has 0 bridgehead atoms. The average molecular weight is 314 g/mol. The third-order valence-corrected chi connectivity index (χ3v) is 3.53. The molecule has 1 amide bonds. The molecule has 100 valence electrons. The molecule has 0 aliphatic rings. The second kappa shape index (κ2) is 6.90. The number of carbonyl (C=O) groups excluding carboxylic acids is 1. The number of benzene rings is 1. The molecule has 4 heteroatoms. The van der Waals surface area contributed by atoms with Crippen LogP contribution in [0.2, 0.25) is 0 Å². The molecule has 0 heterocycles. The molecule has 0 radical (unpaired) electrons. The van der Waals surface area contributed by atoms with Crippen LogP contribution in [0.4, 0.5) is 0 Å². The van der Waals surface area contributed by atoms with Crippen LogP contribution in [0.25, 0.3) is 0 Å². The van der Waals surface area contributed by atoms with Crippen molar-refractivity contribution in [1.82, 2.24) is 5.32 Å². The van der Waals surface area contributed by atoms with Gasteiger partial charge < -0.3 is 10.1 Å². The zero-order valence-corrected chi connectivity index (χ0v) is 12.9. The summed E-state index contributed by atoms with van der Waals surface area (Å²) in [7, 11) is 1.64. The highest BCUT2D eigenvalue weighted by Crippen LogP contribution is 2.18. The van der Waals surface area contributed by atoms with Gasteiger partial charge in [-0.15, -0.1) is 0 Å². The van der Waals surface area contributed by atoms with Gasteiger partial charge in [-0.1, -0.05) is 25.5 Å². The Morgan fingerprint density at radius 3 is 2.67 bits per heavy atom. The fourth-order valence-electron chi connectivity index (χ4n) is 1.64. The van der Waals surface area contributed by atoms with E-state index in [0.717, 1.165) is 10.0 Å². The van der Waals surface area contributed by atoms with Crippen LogP contribution < -0.4 is 5.32 Å². The van der Waals surface area contributed by atoms with E-state index in [4.69, 9.17) is 4.74 Å². The number of halogens is 1. The van der Waals surface area contributed by atoms with Gasteiger partial charge in [-0.25, -0.2) is 0 Å². The second-order valence-corrected chi connectivity index (χ2v) is 5.62. The Hall–Kier alpha value is -0.870. The molecule has 0 fully saturated rings. The van der Waals surface area contributed by atoms with Crippen molar-refractivity contribution < 1.29 is 9.53 Å². The third-order valence-electron chi connectivity index (χ3n) is 2.83. The highest BCUT2D eigenvalue weighted by atomic mass is 79.9. The van der Waals surface area contributed by atoms with Crippen LogP contribution in [0.1, 0.15) is 29.8 Å². The Morgan fingerprint density at radius 1 is 1.44 bits per heavy atom. The lowest BCUT2D eigenvalue weighted by Crippen LogP contribution is -2.41. The maximum absolute atomic E-state index is 12.2. The standard InChI is InChI=1S/C14H20BrNO2/c1-9(2)13(8-18-4)16-14(17)11-7-10(3)5-6-12(11)15/h5-7,9,13H,8H2,1-4H3,(H,16,17). The highest BCUT2D eigenvalue weighted by molar-refractivity contribution is 9.10. The van der Waals surface area contributed by atoms with E-state index in [1.54, 1.807) is 7.11 Å². The Kier molecular flexibility index (Phi) is 5.82. The summed E-state index contributed by atoms with van der Waals surface area (Å²) in [5, 5.41) is 3.01. The first kappa shape index (κ1) is 15.2. The number of ether oxygens (including phenoxy) is 1. The molecule has 0 aromatic heterocycles. The fraction of sp³-hybridized carbons (Fsp3) is 0.500. The van der Waals surface area contributed by atoms with Crippen molar-refractivity contribution in [3.8, 4) is 0 Å². The van der Waals surface area contributed by atoms with E-state index in [0.29, 0.717) is 18.1 Å². The van der Waals surface area contributed by atoms with Crippen LogP contribution in [-0.2, 0) is 4.74 Å². The molecule has 1 aromatic carbocycles. The minimum atomic E-state index is -0.0682. The first-order chi connectivity index (χ1) is 8.45. The predicted molar refractivity (Wildman–Crippen MR) is 76.8 cm³/mol. The van der Waals surface area contributed by atoms with E-state index >= 15 is 0 Å². The number of carbonyl (C=O) groups is 1. The molecule has 0 aliphatic heterocycles. The summed E-state index contributed by atoms with van der Waals surface area (Å²) in [5.41, 5.74) is 1.73. The molecule has 0 aliphatic carbocycles. The van der Waals surface area contributed by atoms with E-state index in [1.165, 1.54) is 0 Å². The van der Waals surface area contributed by atoms with Crippen LogP contribution in [-0.4, -0.2) is 25.7 Å². The number of methoxy groups -OCH3 is 1. The Balaban J connectivity index is 2.83. The van der Waals surface area contributed by atoms with Gasteiger partial charge in [0.2, 0.25) is 0 Å². The van der Waals surface area contributed by atoms with Gasteiger partial charge in [-0.05, 0) is 40.9 Å². The van der Waals surface area contributed by atoms with Crippen molar-refractivity contribution in [2.75, 3.05) is 13.7 Å². The van der Waals surface area contributed by atoms with Crippen molar-refractivity contribution in [3.63, 3.8) is 0 Å². The molecule has 1 unspecified atom stereocenters. The van der Waals surface area contributed by atoms with Crippen LogP contribution in [0.3, 0.4) is 0 Å². The largest absolute Gasteiger partial charge is 0.383 e. The summed E-state index contributed by atoms with van der Waals surface area (Å²) in [6, 6.07) is 5.76. The van der Waals surface area contributed by atoms with Crippen molar-refractivity contribution in [2.24, 2.45) is 5.92 Å². The highest BCUT2D eigenvalue weighted by Gasteiger charge is 2.18. The molecule has 0 saturated carbocycles. The molecular weight excluding hydrogens is 294 g/mol. The lowest BCUT2D eigenvalue weighted by Gasteiger charge is -2.22. The summed E-state index contributed by atoms with van der Waals surface area (Å²) < 4.78 is 5.94. The first-order valence-electron chi connectivity index (χ1n) is 6.01. The Bertz CT molecular complexity index is 418. The zero-order chi connectivity index (χ0) is 13.7. The number of amides is 1. The molecule has 1 rings (SSSR count). The molecule has 1 aromatic rings. The van der Waals surface area contributed by atoms with Crippen molar-refractivity contribution in [1.29, 1.82) is 0 Å². The monoisotopic (exact) mass is 313 g/mol. The topological polar surface area (TPSA) is 38.3 Å². The van der Waals surface area contributed by atoms with Crippen LogP contribution in [0, 0.1) is 12.8 Å². The van der Waals surface area contributed by atoms with Gasteiger partial charge in [0.25, 0.3) is 5.91 Å². The summed E-state index contributed by atoms with van der Waals surface area (Å²) in [6.45, 7) is 6.62. The number of aryl methyl sites for hydroxylation is 1. The van der Waals surface area contributed by atoms with Gasteiger partial charge in [0.15, 0.2) is 0 Å². The smallest absolute Gasteiger partial charge is 0.252 e. The van der Waals surface area contributed by atoms with Crippen molar-refractivity contribution in [2.45, 2.75) is 26.8 Å². The third kappa shape index (κ3) is 4.10. The Morgan fingerprint density at radius 2 is 2.11 bits per heavy atom. The average Bonchev–Trinajstić information content (AvgIpc) is 2.31. The lowest BCUT2D eigenvalue weighted by molar-refractivity contribution is 0.0866. The number of hydrogen-bond acceptors (Lipinski definition) is 2. The molecule has 0 spiro atoms. The summed E-state index contributed by atoms with van der Waals surface area (Å²) in [6.07, 6.45) is 0. The van der Waals surface area contributed by atoms with Gasteiger partial charge in [0, 0.05) is 11.6 Å². The Labute approximate surface area is 117 Å². The van der Waals surface area contributed by atoms with Crippen molar-refractivity contribution in [3.05, 3.63) is 33.8 Å². The van der Waals surface area contributed by atoms with E-state index in [2.05, 4.69) is 35.1 Å². The van der Waals surface area contributed by atoms with Gasteiger partial charge >= 0.3 is 0 Å². The predicted octanol–water partition coefficient (Wildman–Crippen LogP) is 3.16. The first-order valence-corrected chi connectivity index (χ1v) is 6.81. The molecular formula is C14H20BrNO2. The van der Waals surface area contributed by atoms with Crippen LogP contribution in [0.15, 0.2) is 22.7 Å². The quantitative estimate of drug-likeness (QED) is 0.906. The number of rotatable bonds is 5. The molecule has 18 heavy (non-hydrogen) atoms. The normalized spacial score (nSPS) is 12.6. The summed E-state index contributed by atoms with van der Waals surface area (Å²) in [4.78, 5) is 12.2. The van der Waals surface area contributed by atoms with Crippen LogP contribution in [0.5, 0.6) is 0 Å². The molecule has 3 nitrogen and oxygen atoms in total. The van der Waals surface area contributed by atoms with E-state index in [1.807, 2.05) is 25.1 Å². The lowest BCUT2D eigenvalue weighted by atomic mass is 10.0. The van der Waals surface area contributed by atoms with Gasteiger partial charge in [-0.2, -0.15) is 0 Å². The number of nitrogens with one attached hydrogen (secondary N) is 1. The molecule has 1 atom stereocenters. The maximum Gasteiger partial charge on any atom is 0.252 e. The summed E-state index contributed by atoms with van der Waals surface area (Å²) in [5.74, 6) is 0.263. The van der Waals surface area contributed by atoms with E-state index < -0.39 is 0 Å². The minimum Gasteiger partial charge on any atom is -0.383 e. The molecule has 1 N–H and O–H groups in total. The number of hydrogen-bond donors (Lipinski definition) is 1. The van der Waals surface area contributed by atoms with Crippen LogP contribution >= 0.6 is 15.9 Å². The van der Waals surface area contributed by atoms with E-state index in [-0.39, 0.29) is 11.9 Å². The molecule has 0 saturated heterocycles. The summed E-state index contributed by atoms with van der Waals surface area (Å²) >= 11 is 3.40. The van der Waals surface area contributed by atoms with E-state index in [9.17, 15) is 4.79 Å². The fourth-order valence-corrected chi connectivity index (χ4v) is 2.07. The van der Waals surface area contributed by atoms with Gasteiger partial charge in [-0.3, -0.25) is 4.79 Å². The second-order valence-electron chi connectivity index (χ2n) is 4.76. The maximum atomic E-state index is 12.2. The van der Waals surface area contributed by atoms with Gasteiger partial charge in [0.05, 0.1) is 18.2 Å².